The average molecular weight is 263 g/mol. The highest BCUT2D eigenvalue weighted by molar-refractivity contribution is 6.20. The number of benzene rings is 1. The highest BCUT2D eigenvalue weighted by Crippen LogP contribution is 2.31. The Kier molecular flexibility index (Phi) is 3.29. The van der Waals surface area contributed by atoms with Gasteiger partial charge in [0, 0.05) is 18.8 Å². The number of para-hydroxylation sites is 2. The number of halogens is 1. The highest BCUT2D eigenvalue weighted by Gasteiger charge is 2.25. The Morgan fingerprint density at radius 1 is 1.28 bits per heavy atom. The van der Waals surface area contributed by atoms with E-state index in [1.165, 1.54) is 30.6 Å². The summed E-state index contributed by atoms with van der Waals surface area (Å²) in [7, 11) is 2.11. The molecule has 1 heterocycles. The number of aromatic nitrogens is 2. The van der Waals surface area contributed by atoms with Gasteiger partial charge in [0.1, 0.15) is 5.82 Å². The van der Waals surface area contributed by atoms with Gasteiger partial charge in [0.25, 0.3) is 0 Å². The number of imidazole rings is 1. The van der Waals surface area contributed by atoms with Gasteiger partial charge in [-0.2, -0.15) is 0 Å². The van der Waals surface area contributed by atoms with E-state index in [1.54, 1.807) is 0 Å². The average Bonchev–Trinajstić information content (AvgIpc) is 2.70. The third-order valence-corrected chi connectivity index (χ3v) is 4.72. The maximum Gasteiger partial charge on any atom is 0.109 e. The Labute approximate surface area is 113 Å². The lowest BCUT2D eigenvalue weighted by atomic mass is 9.86. The lowest BCUT2D eigenvalue weighted by molar-refractivity contribution is 0.356. The summed E-state index contributed by atoms with van der Waals surface area (Å²) >= 11 is 6.45. The first-order chi connectivity index (χ1) is 8.75. The molecule has 1 fully saturated rings. The molecule has 0 N–H and O–H groups in total. The van der Waals surface area contributed by atoms with Crippen molar-refractivity contribution in [1.29, 1.82) is 0 Å². The molecule has 96 valence electrons. The minimum absolute atomic E-state index is 0.332. The molecule has 2 nitrogen and oxygen atoms in total. The molecule has 1 aliphatic carbocycles. The van der Waals surface area contributed by atoms with Crippen molar-refractivity contribution < 1.29 is 0 Å². The van der Waals surface area contributed by atoms with Crippen LogP contribution in [0.25, 0.3) is 11.0 Å². The maximum atomic E-state index is 6.45. The largest absolute Gasteiger partial charge is 0.331 e. The third kappa shape index (κ3) is 2.14. The van der Waals surface area contributed by atoms with Gasteiger partial charge < -0.3 is 4.57 Å². The summed E-state index contributed by atoms with van der Waals surface area (Å²) in [5.74, 6) is 1.77. The van der Waals surface area contributed by atoms with E-state index in [0.29, 0.717) is 11.3 Å². The topological polar surface area (TPSA) is 17.8 Å². The van der Waals surface area contributed by atoms with Crippen molar-refractivity contribution in [3.05, 3.63) is 30.1 Å². The van der Waals surface area contributed by atoms with Crippen molar-refractivity contribution in [3.8, 4) is 0 Å². The van der Waals surface area contributed by atoms with Crippen LogP contribution in [0, 0.1) is 5.92 Å². The molecule has 18 heavy (non-hydrogen) atoms. The molecule has 2 atom stereocenters. The highest BCUT2D eigenvalue weighted by atomic mass is 35.5. The van der Waals surface area contributed by atoms with E-state index in [-0.39, 0.29) is 0 Å². The molecular formula is C15H19ClN2. The number of hydrogen-bond acceptors (Lipinski definition) is 1. The van der Waals surface area contributed by atoms with Crippen molar-refractivity contribution in [2.24, 2.45) is 13.0 Å². The second kappa shape index (κ2) is 4.93. The van der Waals surface area contributed by atoms with Crippen molar-refractivity contribution in [2.75, 3.05) is 0 Å². The molecule has 1 aromatic carbocycles. The van der Waals surface area contributed by atoms with Crippen molar-refractivity contribution >= 4 is 22.6 Å². The summed E-state index contributed by atoms with van der Waals surface area (Å²) in [5.41, 5.74) is 2.31. The van der Waals surface area contributed by atoms with E-state index >= 15 is 0 Å². The van der Waals surface area contributed by atoms with Crippen LogP contribution in [0.1, 0.15) is 31.5 Å². The normalized spacial score (nSPS) is 24.6. The Morgan fingerprint density at radius 3 is 2.83 bits per heavy atom. The predicted molar refractivity (Wildman–Crippen MR) is 76.0 cm³/mol. The van der Waals surface area contributed by atoms with Crippen LogP contribution < -0.4 is 0 Å². The van der Waals surface area contributed by atoms with Crippen LogP contribution >= 0.6 is 11.6 Å². The minimum Gasteiger partial charge on any atom is -0.331 e. The molecule has 3 heteroatoms. The molecule has 1 saturated carbocycles. The Hall–Kier alpha value is -1.02. The second-order valence-electron chi connectivity index (χ2n) is 5.34. The van der Waals surface area contributed by atoms with Crippen LogP contribution in [-0.2, 0) is 13.5 Å². The minimum atomic E-state index is 0.332. The Balaban J connectivity index is 1.88. The first kappa shape index (κ1) is 12.0. The second-order valence-corrected chi connectivity index (χ2v) is 5.90. The molecular weight excluding hydrogens is 244 g/mol. The zero-order valence-corrected chi connectivity index (χ0v) is 11.5. The summed E-state index contributed by atoms with van der Waals surface area (Å²) < 4.78 is 2.22. The smallest absolute Gasteiger partial charge is 0.109 e. The maximum absolute atomic E-state index is 6.45. The summed E-state index contributed by atoms with van der Waals surface area (Å²) in [6.45, 7) is 0. The van der Waals surface area contributed by atoms with Crippen LogP contribution in [0.4, 0.5) is 0 Å². The third-order valence-electron chi connectivity index (χ3n) is 4.14. The quantitative estimate of drug-likeness (QED) is 0.751. The molecule has 2 unspecified atom stereocenters. The summed E-state index contributed by atoms with van der Waals surface area (Å²) in [6, 6.07) is 8.32. The van der Waals surface area contributed by atoms with Crippen molar-refractivity contribution in [1.82, 2.24) is 9.55 Å². The fourth-order valence-corrected chi connectivity index (χ4v) is 3.37. The lowest BCUT2D eigenvalue weighted by Crippen LogP contribution is -2.23. The zero-order valence-electron chi connectivity index (χ0n) is 10.8. The number of hydrogen-bond donors (Lipinski definition) is 0. The van der Waals surface area contributed by atoms with Gasteiger partial charge in [0.05, 0.1) is 11.0 Å². The van der Waals surface area contributed by atoms with Crippen LogP contribution in [-0.4, -0.2) is 14.9 Å². The number of fused-ring (bicyclic) bond motifs is 1. The molecule has 0 saturated heterocycles. The fourth-order valence-electron chi connectivity index (χ4n) is 3.00. The van der Waals surface area contributed by atoms with E-state index in [9.17, 15) is 0 Å². The van der Waals surface area contributed by atoms with E-state index in [4.69, 9.17) is 16.6 Å². The summed E-state index contributed by atoms with van der Waals surface area (Å²) in [4.78, 5) is 4.75. The van der Waals surface area contributed by atoms with E-state index in [1.807, 2.05) is 6.07 Å². The van der Waals surface area contributed by atoms with Gasteiger partial charge >= 0.3 is 0 Å². The van der Waals surface area contributed by atoms with Gasteiger partial charge in [0.2, 0.25) is 0 Å². The number of aryl methyl sites for hydroxylation is 1. The van der Waals surface area contributed by atoms with Gasteiger partial charge in [-0.1, -0.05) is 25.0 Å². The van der Waals surface area contributed by atoms with Crippen molar-refractivity contribution in [3.63, 3.8) is 0 Å². The SMILES string of the molecule is Cn1c(CC2CCCCC2Cl)nc2ccccc21. The number of nitrogens with zero attached hydrogens (tertiary/aromatic N) is 2. The van der Waals surface area contributed by atoms with Crippen LogP contribution in [0.2, 0.25) is 0 Å². The van der Waals surface area contributed by atoms with Crippen LogP contribution in [0.15, 0.2) is 24.3 Å². The predicted octanol–water partition coefficient (Wildman–Crippen LogP) is 3.91. The Bertz CT molecular complexity index is 546. The van der Waals surface area contributed by atoms with Gasteiger partial charge in [0.15, 0.2) is 0 Å². The standard InChI is InChI=1S/C15H19ClN2/c1-18-14-9-5-4-8-13(14)17-15(18)10-11-6-2-3-7-12(11)16/h4-5,8-9,11-12H,2-3,6-7,10H2,1H3. The lowest BCUT2D eigenvalue weighted by Gasteiger charge is -2.26. The van der Waals surface area contributed by atoms with Gasteiger partial charge in [-0.3, -0.25) is 0 Å². The Morgan fingerprint density at radius 2 is 2.06 bits per heavy atom. The van der Waals surface area contributed by atoms with E-state index < -0.39 is 0 Å². The molecule has 0 spiro atoms. The molecule has 0 aliphatic heterocycles. The number of rotatable bonds is 2. The van der Waals surface area contributed by atoms with Crippen molar-refractivity contribution in [2.45, 2.75) is 37.5 Å². The molecule has 0 amide bonds. The molecule has 1 aliphatic rings. The van der Waals surface area contributed by atoms with Gasteiger partial charge in [-0.15, -0.1) is 11.6 Å². The molecule has 1 aromatic heterocycles. The zero-order chi connectivity index (χ0) is 12.5. The van der Waals surface area contributed by atoms with Crippen LogP contribution in [0.5, 0.6) is 0 Å². The van der Waals surface area contributed by atoms with E-state index in [0.717, 1.165) is 18.4 Å². The molecule has 2 aromatic rings. The summed E-state index contributed by atoms with van der Waals surface area (Å²) in [5, 5.41) is 0.332. The van der Waals surface area contributed by atoms with E-state index in [2.05, 4.69) is 29.8 Å². The fraction of sp³-hybridized carbons (Fsp3) is 0.533. The van der Waals surface area contributed by atoms with Gasteiger partial charge in [-0.05, 0) is 30.9 Å². The first-order valence-electron chi connectivity index (χ1n) is 6.80. The molecule has 0 radical (unpaired) electrons. The molecule has 0 bridgehead atoms. The number of alkyl halides is 1. The van der Waals surface area contributed by atoms with Gasteiger partial charge in [-0.25, -0.2) is 4.98 Å². The molecule has 3 rings (SSSR count). The first-order valence-corrected chi connectivity index (χ1v) is 7.24. The monoisotopic (exact) mass is 262 g/mol. The summed E-state index contributed by atoms with van der Waals surface area (Å²) in [6.07, 6.45) is 6.03. The van der Waals surface area contributed by atoms with Crippen LogP contribution in [0.3, 0.4) is 0 Å².